The molecule has 2 nitrogen and oxygen atoms in total. The summed E-state index contributed by atoms with van der Waals surface area (Å²) in [7, 11) is 0. The summed E-state index contributed by atoms with van der Waals surface area (Å²) in [6.45, 7) is 3.75. The number of hydrogen-bond donors (Lipinski definition) is 0. The van der Waals surface area contributed by atoms with E-state index in [1.54, 1.807) is 11.8 Å². The quantitative estimate of drug-likeness (QED) is 0.720. The monoisotopic (exact) mass is 353 g/mol. The molecule has 0 N–H and O–H groups in total. The van der Waals surface area contributed by atoms with Crippen molar-refractivity contribution in [3.63, 3.8) is 0 Å². The molecule has 0 radical (unpaired) electrons. The molecule has 1 fully saturated rings. The Morgan fingerprint density at radius 2 is 2.00 bits per heavy atom. The summed E-state index contributed by atoms with van der Waals surface area (Å²) >= 11 is 7.36. The summed E-state index contributed by atoms with van der Waals surface area (Å²) in [5, 5.41) is 0.0559. The average molecular weight is 354 g/mol. The van der Waals surface area contributed by atoms with Gasteiger partial charge >= 0.3 is 6.18 Å². The van der Waals surface area contributed by atoms with Crippen LogP contribution >= 0.6 is 23.4 Å². The summed E-state index contributed by atoms with van der Waals surface area (Å²) in [5.41, 5.74) is -0.814. The van der Waals surface area contributed by atoms with Crippen molar-refractivity contribution in [2.75, 3.05) is 24.6 Å². The highest BCUT2D eigenvalue weighted by Gasteiger charge is 2.36. The van der Waals surface area contributed by atoms with Gasteiger partial charge in [-0.15, -0.1) is 0 Å². The molecule has 0 spiro atoms. The molecule has 22 heavy (non-hydrogen) atoms. The number of halogens is 4. The van der Waals surface area contributed by atoms with Crippen LogP contribution in [0, 0.1) is 0 Å². The van der Waals surface area contributed by atoms with Crippen molar-refractivity contribution in [2.45, 2.75) is 32.2 Å². The van der Waals surface area contributed by atoms with E-state index in [2.05, 4.69) is 4.90 Å². The van der Waals surface area contributed by atoms with Crippen molar-refractivity contribution in [3.05, 3.63) is 28.8 Å². The highest BCUT2D eigenvalue weighted by Crippen LogP contribution is 2.38. The van der Waals surface area contributed by atoms with E-state index in [1.165, 1.54) is 12.1 Å². The number of rotatable bonds is 6. The van der Waals surface area contributed by atoms with E-state index in [4.69, 9.17) is 16.3 Å². The van der Waals surface area contributed by atoms with Gasteiger partial charge in [-0.05, 0) is 36.8 Å². The molecule has 0 unspecified atom stereocenters. The Labute approximate surface area is 138 Å². The third-order valence-electron chi connectivity index (χ3n) is 3.52. The van der Waals surface area contributed by atoms with E-state index in [-0.39, 0.29) is 17.0 Å². The third kappa shape index (κ3) is 4.70. The number of ether oxygens (including phenoxy) is 1. The predicted octanol–water partition coefficient (Wildman–Crippen LogP) is 4.91. The molecular formula is C15H19ClF3NOS. The first-order valence-corrected chi connectivity index (χ1v) is 8.80. The fourth-order valence-corrected chi connectivity index (χ4v) is 3.32. The van der Waals surface area contributed by atoms with Crippen LogP contribution < -0.4 is 4.74 Å². The summed E-state index contributed by atoms with van der Waals surface area (Å²) in [4.78, 5) is 2.11. The van der Waals surface area contributed by atoms with Gasteiger partial charge in [0.1, 0.15) is 5.75 Å². The number of thioether (sulfide) groups is 1. The minimum absolute atomic E-state index is 0.0559. The van der Waals surface area contributed by atoms with Crippen molar-refractivity contribution in [3.8, 4) is 5.75 Å². The lowest BCUT2D eigenvalue weighted by Crippen LogP contribution is -2.39. The van der Waals surface area contributed by atoms with Gasteiger partial charge in [0, 0.05) is 23.9 Å². The molecule has 0 saturated carbocycles. The molecule has 1 aromatic carbocycles. The van der Waals surface area contributed by atoms with Crippen LogP contribution in [0.2, 0.25) is 5.02 Å². The molecule has 1 atom stereocenters. The molecule has 1 aliphatic heterocycles. The van der Waals surface area contributed by atoms with E-state index in [0.717, 1.165) is 37.8 Å². The molecule has 1 aliphatic rings. The van der Waals surface area contributed by atoms with E-state index >= 15 is 0 Å². The molecule has 2 rings (SSSR count). The summed E-state index contributed by atoms with van der Waals surface area (Å²) in [6, 6.07) is 3.66. The average Bonchev–Trinajstić information content (AvgIpc) is 2.98. The van der Waals surface area contributed by atoms with Gasteiger partial charge < -0.3 is 4.74 Å². The summed E-state index contributed by atoms with van der Waals surface area (Å²) in [5.74, 6) is 1.40. The van der Waals surface area contributed by atoms with Crippen molar-refractivity contribution in [2.24, 2.45) is 0 Å². The van der Waals surface area contributed by atoms with Crippen LogP contribution in [0.1, 0.15) is 25.3 Å². The second-order valence-corrected chi connectivity index (χ2v) is 6.87. The first-order chi connectivity index (χ1) is 10.4. The number of likely N-dealkylation sites (tertiary alicyclic amines) is 1. The van der Waals surface area contributed by atoms with E-state index in [9.17, 15) is 13.2 Å². The lowest BCUT2D eigenvalue weighted by atomic mass is 10.2. The number of nitrogens with zero attached hydrogens (tertiary/aromatic N) is 1. The number of alkyl halides is 3. The lowest BCUT2D eigenvalue weighted by Gasteiger charge is -2.29. The Bertz CT molecular complexity index is 492. The number of hydrogen-bond acceptors (Lipinski definition) is 3. The maximum atomic E-state index is 13.2. The van der Waals surface area contributed by atoms with E-state index in [1.807, 2.05) is 6.92 Å². The fourth-order valence-electron chi connectivity index (χ4n) is 2.44. The maximum Gasteiger partial charge on any atom is 0.420 e. The summed E-state index contributed by atoms with van der Waals surface area (Å²) < 4.78 is 45.2. The standard InChI is InChI=1S/C15H19ClF3NOS/c1-2-22-10-14(20-7-3-4-8-20)21-13-6-5-11(16)9-12(13)15(17,18)19/h5-6,9,14H,2-4,7-8,10H2,1H3/t14-/m1/s1. The van der Waals surface area contributed by atoms with Crippen molar-refractivity contribution in [1.82, 2.24) is 4.90 Å². The van der Waals surface area contributed by atoms with Crippen molar-refractivity contribution < 1.29 is 17.9 Å². The van der Waals surface area contributed by atoms with E-state index in [0.29, 0.717) is 5.75 Å². The van der Waals surface area contributed by atoms with Gasteiger partial charge in [0.2, 0.25) is 0 Å². The molecule has 1 heterocycles. The second-order valence-electron chi connectivity index (χ2n) is 5.11. The largest absolute Gasteiger partial charge is 0.474 e. The molecule has 0 amide bonds. The molecule has 1 aromatic rings. The fraction of sp³-hybridized carbons (Fsp3) is 0.600. The van der Waals surface area contributed by atoms with Gasteiger partial charge in [-0.25, -0.2) is 0 Å². The summed E-state index contributed by atoms with van der Waals surface area (Å²) in [6.07, 6.45) is -2.70. The van der Waals surface area contributed by atoms with Gasteiger partial charge in [0.15, 0.2) is 6.23 Å². The molecule has 124 valence electrons. The molecule has 1 saturated heterocycles. The van der Waals surface area contributed by atoms with E-state index < -0.39 is 11.7 Å². The predicted molar refractivity (Wildman–Crippen MR) is 84.7 cm³/mol. The molecule has 7 heteroatoms. The highest BCUT2D eigenvalue weighted by atomic mass is 35.5. The van der Waals surface area contributed by atoms with Crippen LogP contribution in [-0.2, 0) is 6.18 Å². The lowest BCUT2D eigenvalue weighted by molar-refractivity contribution is -0.139. The second kappa shape index (κ2) is 7.79. The first kappa shape index (κ1) is 17.8. The van der Waals surface area contributed by atoms with Crippen LogP contribution in [0.4, 0.5) is 13.2 Å². The SMILES string of the molecule is CCSC[C@@H](Oc1ccc(Cl)cc1C(F)(F)F)N1CCCC1. The van der Waals surface area contributed by atoms with Crippen LogP contribution in [0.25, 0.3) is 0 Å². The minimum Gasteiger partial charge on any atom is -0.474 e. The smallest absolute Gasteiger partial charge is 0.420 e. The Balaban J connectivity index is 2.21. The normalized spacial score (nSPS) is 17.7. The molecule has 0 aliphatic carbocycles. The number of benzene rings is 1. The Kier molecular flexibility index (Phi) is 6.29. The van der Waals surface area contributed by atoms with Crippen LogP contribution in [0.3, 0.4) is 0 Å². The van der Waals surface area contributed by atoms with Crippen LogP contribution in [-0.4, -0.2) is 35.7 Å². The zero-order valence-corrected chi connectivity index (χ0v) is 13.9. The molecule has 0 bridgehead atoms. The Morgan fingerprint density at radius 3 is 2.59 bits per heavy atom. The minimum atomic E-state index is -4.48. The molecular weight excluding hydrogens is 335 g/mol. The maximum absolute atomic E-state index is 13.2. The zero-order valence-electron chi connectivity index (χ0n) is 12.3. The van der Waals surface area contributed by atoms with Crippen LogP contribution in [0.5, 0.6) is 5.75 Å². The zero-order chi connectivity index (χ0) is 16.2. The Morgan fingerprint density at radius 1 is 1.32 bits per heavy atom. The topological polar surface area (TPSA) is 12.5 Å². The third-order valence-corrected chi connectivity index (χ3v) is 4.69. The van der Waals surface area contributed by atoms with Crippen LogP contribution in [0.15, 0.2) is 18.2 Å². The first-order valence-electron chi connectivity index (χ1n) is 7.27. The molecule has 0 aromatic heterocycles. The Hall–Kier alpha value is -0.590. The van der Waals surface area contributed by atoms with Gasteiger partial charge in [0.05, 0.1) is 5.56 Å². The van der Waals surface area contributed by atoms with Gasteiger partial charge in [0.25, 0.3) is 0 Å². The van der Waals surface area contributed by atoms with Crippen molar-refractivity contribution >= 4 is 23.4 Å². The van der Waals surface area contributed by atoms with Gasteiger partial charge in [-0.3, -0.25) is 4.90 Å². The van der Waals surface area contributed by atoms with Gasteiger partial charge in [-0.2, -0.15) is 24.9 Å². The van der Waals surface area contributed by atoms with Gasteiger partial charge in [-0.1, -0.05) is 18.5 Å². The highest BCUT2D eigenvalue weighted by molar-refractivity contribution is 7.99. The van der Waals surface area contributed by atoms with Crippen molar-refractivity contribution in [1.29, 1.82) is 0 Å².